The monoisotopic (exact) mass is 180 g/mol. The van der Waals surface area contributed by atoms with Crippen molar-refractivity contribution < 1.29 is 0 Å². The highest BCUT2D eigenvalue weighted by Gasteiger charge is 2.01. The van der Waals surface area contributed by atoms with Crippen LogP contribution in [-0.4, -0.2) is 4.98 Å². The second-order valence-electron chi connectivity index (χ2n) is 2.71. The molecule has 0 atom stereocenters. The number of rotatable bonds is 1. The molecular formula is C9H9ClN2. The summed E-state index contributed by atoms with van der Waals surface area (Å²) in [6, 6.07) is 5.81. The first kappa shape index (κ1) is 7.65. The van der Waals surface area contributed by atoms with Gasteiger partial charge in [0.1, 0.15) is 0 Å². The molecule has 0 aliphatic heterocycles. The highest BCUT2D eigenvalue weighted by molar-refractivity contribution is 6.31. The molecule has 0 fully saturated rings. The van der Waals surface area contributed by atoms with E-state index in [-0.39, 0.29) is 0 Å². The Balaban J connectivity index is 2.80. The number of nitrogens with two attached hydrogens (primary N) is 1. The van der Waals surface area contributed by atoms with E-state index in [0.717, 1.165) is 21.5 Å². The lowest BCUT2D eigenvalue weighted by molar-refractivity contribution is 1.09. The van der Waals surface area contributed by atoms with E-state index < -0.39 is 0 Å². The number of hydrogen-bond donors (Lipinski definition) is 2. The van der Waals surface area contributed by atoms with Crippen molar-refractivity contribution in [2.24, 2.45) is 5.73 Å². The highest BCUT2D eigenvalue weighted by atomic mass is 35.5. The third-order valence-corrected chi connectivity index (χ3v) is 2.16. The van der Waals surface area contributed by atoms with Crippen LogP contribution >= 0.6 is 11.6 Å². The third kappa shape index (κ3) is 1.09. The Morgan fingerprint density at radius 3 is 3.00 bits per heavy atom. The van der Waals surface area contributed by atoms with Gasteiger partial charge in [-0.25, -0.2) is 0 Å². The van der Waals surface area contributed by atoms with Gasteiger partial charge < -0.3 is 10.7 Å². The normalized spacial score (nSPS) is 10.8. The van der Waals surface area contributed by atoms with Gasteiger partial charge in [-0.3, -0.25) is 0 Å². The maximum Gasteiger partial charge on any atom is 0.0472 e. The van der Waals surface area contributed by atoms with Crippen LogP contribution in [0.3, 0.4) is 0 Å². The van der Waals surface area contributed by atoms with E-state index in [1.54, 1.807) is 0 Å². The lowest BCUT2D eigenvalue weighted by Gasteiger charge is -1.99. The average molecular weight is 181 g/mol. The van der Waals surface area contributed by atoms with Crippen molar-refractivity contribution >= 4 is 22.5 Å². The number of fused-ring (bicyclic) bond motifs is 1. The predicted octanol–water partition coefficient (Wildman–Crippen LogP) is 2.28. The Hall–Kier alpha value is -0.990. The van der Waals surface area contributed by atoms with Crippen molar-refractivity contribution in [3.8, 4) is 0 Å². The van der Waals surface area contributed by atoms with Gasteiger partial charge in [-0.1, -0.05) is 11.6 Å². The topological polar surface area (TPSA) is 41.8 Å². The fraction of sp³-hybridized carbons (Fsp3) is 0.111. The Morgan fingerprint density at radius 1 is 1.42 bits per heavy atom. The van der Waals surface area contributed by atoms with Crippen LogP contribution in [0, 0.1) is 0 Å². The van der Waals surface area contributed by atoms with Gasteiger partial charge in [0.15, 0.2) is 0 Å². The van der Waals surface area contributed by atoms with Crippen molar-refractivity contribution in [3.63, 3.8) is 0 Å². The van der Waals surface area contributed by atoms with Gasteiger partial charge >= 0.3 is 0 Å². The first-order valence-corrected chi connectivity index (χ1v) is 4.14. The molecule has 12 heavy (non-hydrogen) atoms. The van der Waals surface area contributed by atoms with Crippen LogP contribution in [0.15, 0.2) is 24.4 Å². The van der Waals surface area contributed by atoms with Gasteiger partial charge in [0.05, 0.1) is 0 Å². The van der Waals surface area contributed by atoms with E-state index in [2.05, 4.69) is 4.98 Å². The number of aromatic amines is 1. The first-order valence-electron chi connectivity index (χ1n) is 3.77. The number of hydrogen-bond acceptors (Lipinski definition) is 1. The minimum Gasteiger partial charge on any atom is -0.361 e. The van der Waals surface area contributed by atoms with Gasteiger partial charge in [0.25, 0.3) is 0 Å². The second kappa shape index (κ2) is 2.81. The number of aromatic nitrogens is 1. The summed E-state index contributed by atoms with van der Waals surface area (Å²) in [5.74, 6) is 0. The molecule has 0 aliphatic rings. The molecule has 0 bridgehead atoms. The maximum atomic E-state index is 5.88. The van der Waals surface area contributed by atoms with E-state index in [1.807, 2.05) is 24.4 Å². The van der Waals surface area contributed by atoms with E-state index >= 15 is 0 Å². The lowest BCUT2D eigenvalue weighted by Crippen LogP contribution is -1.96. The SMILES string of the molecule is NCc1cc(Cl)cc2[nH]ccc12. The number of benzene rings is 1. The van der Waals surface area contributed by atoms with Gasteiger partial charge in [-0.2, -0.15) is 0 Å². The van der Waals surface area contributed by atoms with Gasteiger partial charge in [-0.05, 0) is 23.8 Å². The zero-order chi connectivity index (χ0) is 8.55. The molecule has 2 nitrogen and oxygen atoms in total. The van der Waals surface area contributed by atoms with Crippen LogP contribution in [0.4, 0.5) is 0 Å². The average Bonchev–Trinajstić information content (AvgIpc) is 2.50. The smallest absolute Gasteiger partial charge is 0.0472 e. The van der Waals surface area contributed by atoms with E-state index in [0.29, 0.717) is 6.54 Å². The molecular weight excluding hydrogens is 172 g/mol. The molecule has 0 saturated carbocycles. The van der Waals surface area contributed by atoms with Crippen LogP contribution in [0.25, 0.3) is 10.9 Å². The summed E-state index contributed by atoms with van der Waals surface area (Å²) in [5.41, 5.74) is 7.70. The number of nitrogens with one attached hydrogen (secondary N) is 1. The Labute approximate surface area is 75.3 Å². The molecule has 3 heteroatoms. The van der Waals surface area contributed by atoms with Crippen LogP contribution in [-0.2, 0) is 6.54 Å². The van der Waals surface area contributed by atoms with Gasteiger partial charge in [-0.15, -0.1) is 0 Å². The molecule has 1 aromatic heterocycles. The largest absolute Gasteiger partial charge is 0.361 e. The van der Waals surface area contributed by atoms with Crippen molar-refractivity contribution in [1.82, 2.24) is 4.98 Å². The zero-order valence-electron chi connectivity index (χ0n) is 6.47. The molecule has 0 saturated heterocycles. The van der Waals surface area contributed by atoms with E-state index in [4.69, 9.17) is 17.3 Å². The maximum absolute atomic E-state index is 5.88. The highest BCUT2D eigenvalue weighted by Crippen LogP contribution is 2.22. The van der Waals surface area contributed by atoms with Crippen LogP contribution in [0.5, 0.6) is 0 Å². The molecule has 3 N–H and O–H groups in total. The fourth-order valence-electron chi connectivity index (χ4n) is 1.37. The summed E-state index contributed by atoms with van der Waals surface area (Å²) >= 11 is 5.88. The van der Waals surface area contributed by atoms with Crippen molar-refractivity contribution in [2.75, 3.05) is 0 Å². The van der Waals surface area contributed by atoms with Crippen LogP contribution in [0.2, 0.25) is 5.02 Å². The van der Waals surface area contributed by atoms with Crippen molar-refractivity contribution in [1.29, 1.82) is 0 Å². The Kier molecular flexibility index (Phi) is 1.79. The summed E-state index contributed by atoms with van der Waals surface area (Å²) in [7, 11) is 0. The Morgan fingerprint density at radius 2 is 2.25 bits per heavy atom. The molecule has 0 amide bonds. The quantitative estimate of drug-likeness (QED) is 0.695. The molecule has 1 aromatic carbocycles. The van der Waals surface area contributed by atoms with E-state index in [9.17, 15) is 0 Å². The van der Waals surface area contributed by atoms with Crippen molar-refractivity contribution in [3.05, 3.63) is 35.0 Å². The summed E-state index contributed by atoms with van der Waals surface area (Å²) in [5, 5.41) is 1.88. The first-order chi connectivity index (χ1) is 5.81. The lowest BCUT2D eigenvalue weighted by atomic mass is 10.1. The standard InChI is InChI=1S/C9H9ClN2/c10-7-3-6(5-11)8-1-2-12-9(8)4-7/h1-4,12H,5,11H2. The van der Waals surface area contributed by atoms with Gasteiger partial charge in [0, 0.05) is 28.7 Å². The Bertz CT molecular complexity index is 406. The molecule has 0 aliphatic carbocycles. The molecule has 2 aromatic rings. The summed E-state index contributed by atoms with van der Waals surface area (Å²) in [6.07, 6.45) is 1.89. The second-order valence-corrected chi connectivity index (χ2v) is 3.14. The van der Waals surface area contributed by atoms with Crippen LogP contribution in [0.1, 0.15) is 5.56 Å². The molecule has 0 unspecified atom stereocenters. The fourth-order valence-corrected chi connectivity index (χ4v) is 1.62. The summed E-state index contributed by atoms with van der Waals surface area (Å²) < 4.78 is 0. The molecule has 0 radical (unpaired) electrons. The van der Waals surface area contributed by atoms with Gasteiger partial charge in [0.2, 0.25) is 0 Å². The minimum absolute atomic E-state index is 0.523. The number of halogens is 1. The van der Waals surface area contributed by atoms with Crippen LogP contribution < -0.4 is 5.73 Å². The minimum atomic E-state index is 0.523. The molecule has 0 spiro atoms. The molecule has 1 heterocycles. The third-order valence-electron chi connectivity index (χ3n) is 1.94. The van der Waals surface area contributed by atoms with Crippen molar-refractivity contribution in [2.45, 2.75) is 6.54 Å². The predicted molar refractivity (Wildman–Crippen MR) is 51.2 cm³/mol. The van der Waals surface area contributed by atoms with E-state index in [1.165, 1.54) is 0 Å². The molecule has 2 rings (SSSR count). The summed E-state index contributed by atoms with van der Waals surface area (Å²) in [4.78, 5) is 3.10. The summed E-state index contributed by atoms with van der Waals surface area (Å²) in [6.45, 7) is 0.523. The molecule has 62 valence electrons. The zero-order valence-corrected chi connectivity index (χ0v) is 7.23. The number of H-pyrrole nitrogens is 1.